The Labute approximate surface area is 113 Å². The van der Waals surface area contributed by atoms with Gasteiger partial charge in [-0.1, -0.05) is 13.2 Å². The fourth-order valence-corrected chi connectivity index (χ4v) is 2.05. The predicted molar refractivity (Wildman–Crippen MR) is 73.3 cm³/mol. The average Bonchev–Trinajstić information content (AvgIpc) is 2.32. The summed E-state index contributed by atoms with van der Waals surface area (Å²) in [7, 11) is 0. The summed E-state index contributed by atoms with van der Waals surface area (Å²) in [5, 5.41) is 15.6. The van der Waals surface area contributed by atoms with Crippen molar-refractivity contribution in [1.82, 2.24) is 10.6 Å². The molecule has 0 saturated heterocycles. The number of hydrogen-bond acceptors (Lipinski definition) is 3. The molecule has 2 amide bonds. The highest BCUT2D eigenvalue weighted by Crippen LogP contribution is 2.20. The molecule has 0 heterocycles. The molecule has 0 bridgehead atoms. The number of carbonyl (C=O) groups is 2. The van der Waals surface area contributed by atoms with Gasteiger partial charge in [-0.05, 0) is 33.1 Å². The first-order chi connectivity index (χ1) is 8.81. The van der Waals surface area contributed by atoms with E-state index in [9.17, 15) is 14.7 Å². The molecular weight excluding hydrogens is 244 g/mol. The fraction of sp³-hybridized carbons (Fsp3) is 0.571. The third kappa shape index (κ3) is 4.52. The summed E-state index contributed by atoms with van der Waals surface area (Å²) in [5.41, 5.74) is 0.872. The Hall–Kier alpha value is -1.62. The zero-order valence-electron chi connectivity index (χ0n) is 11.5. The van der Waals surface area contributed by atoms with E-state index < -0.39 is 6.10 Å². The predicted octanol–water partition coefficient (Wildman–Crippen LogP) is 0.653. The van der Waals surface area contributed by atoms with Gasteiger partial charge in [-0.15, -0.1) is 0 Å². The van der Waals surface area contributed by atoms with Gasteiger partial charge in [0.1, 0.15) is 0 Å². The molecule has 0 aromatic carbocycles. The van der Waals surface area contributed by atoms with Crippen LogP contribution >= 0.6 is 0 Å². The van der Waals surface area contributed by atoms with Crippen LogP contribution < -0.4 is 10.6 Å². The first-order valence-corrected chi connectivity index (χ1v) is 6.42. The van der Waals surface area contributed by atoms with Gasteiger partial charge in [0.15, 0.2) is 0 Å². The molecule has 0 aliphatic heterocycles. The molecule has 19 heavy (non-hydrogen) atoms. The summed E-state index contributed by atoms with van der Waals surface area (Å²) in [6.45, 7) is 10.4. The first kappa shape index (κ1) is 15.4. The summed E-state index contributed by atoms with van der Waals surface area (Å²) in [5.74, 6) is -0.435. The van der Waals surface area contributed by atoms with Gasteiger partial charge in [-0.3, -0.25) is 9.59 Å². The van der Waals surface area contributed by atoms with Crippen molar-refractivity contribution in [2.24, 2.45) is 0 Å². The second-order valence-corrected chi connectivity index (χ2v) is 5.19. The average molecular weight is 266 g/mol. The molecule has 0 aromatic heterocycles. The Kier molecular flexibility index (Phi) is 5.30. The number of carbonyl (C=O) groups excluding carboxylic acids is 2. The Morgan fingerprint density at radius 3 is 2.05 bits per heavy atom. The van der Waals surface area contributed by atoms with E-state index in [1.165, 1.54) is 0 Å². The van der Waals surface area contributed by atoms with Crippen LogP contribution in [0.5, 0.6) is 0 Å². The lowest BCUT2D eigenvalue weighted by atomic mass is 9.88. The highest BCUT2D eigenvalue weighted by atomic mass is 16.3. The normalized spacial score (nSPS) is 26.4. The summed E-state index contributed by atoms with van der Waals surface area (Å²) in [6, 6.07) is -0.348. The van der Waals surface area contributed by atoms with Crippen LogP contribution in [0.25, 0.3) is 0 Å². The van der Waals surface area contributed by atoms with Gasteiger partial charge in [-0.25, -0.2) is 0 Å². The van der Waals surface area contributed by atoms with Crippen molar-refractivity contribution in [3.05, 3.63) is 24.3 Å². The highest BCUT2D eigenvalue weighted by molar-refractivity contribution is 5.92. The van der Waals surface area contributed by atoms with Gasteiger partial charge in [-0.2, -0.15) is 0 Å². The van der Waals surface area contributed by atoms with E-state index in [0.29, 0.717) is 24.0 Å². The van der Waals surface area contributed by atoms with Crippen molar-refractivity contribution >= 4 is 11.8 Å². The van der Waals surface area contributed by atoms with Crippen LogP contribution in [0, 0.1) is 0 Å². The Balaban J connectivity index is 2.47. The van der Waals surface area contributed by atoms with E-state index in [1.54, 1.807) is 13.8 Å². The zero-order valence-corrected chi connectivity index (χ0v) is 11.5. The van der Waals surface area contributed by atoms with Crippen LogP contribution in [-0.2, 0) is 9.59 Å². The third-order valence-electron chi connectivity index (χ3n) is 3.24. The summed E-state index contributed by atoms with van der Waals surface area (Å²) < 4.78 is 0. The molecule has 5 heteroatoms. The largest absolute Gasteiger partial charge is 0.391 e. The van der Waals surface area contributed by atoms with Crippen molar-refractivity contribution in [1.29, 1.82) is 0 Å². The van der Waals surface area contributed by atoms with Gasteiger partial charge >= 0.3 is 0 Å². The van der Waals surface area contributed by atoms with Crippen molar-refractivity contribution in [2.75, 3.05) is 0 Å². The number of hydrogen-bond donors (Lipinski definition) is 3. The van der Waals surface area contributed by atoms with E-state index in [-0.39, 0.29) is 23.9 Å². The van der Waals surface area contributed by atoms with Crippen molar-refractivity contribution in [3.63, 3.8) is 0 Å². The summed E-state index contributed by atoms with van der Waals surface area (Å²) in [6.07, 6.45) is 1.12. The first-order valence-electron chi connectivity index (χ1n) is 6.42. The molecule has 1 aliphatic carbocycles. The smallest absolute Gasteiger partial charge is 0.246 e. The number of rotatable bonds is 4. The minimum atomic E-state index is -0.660. The van der Waals surface area contributed by atoms with Gasteiger partial charge in [0.25, 0.3) is 0 Å². The van der Waals surface area contributed by atoms with Gasteiger partial charge < -0.3 is 15.7 Å². The fourth-order valence-electron chi connectivity index (χ4n) is 2.05. The van der Waals surface area contributed by atoms with E-state index in [1.807, 2.05) is 0 Å². The second-order valence-electron chi connectivity index (χ2n) is 5.19. The molecule has 1 aliphatic rings. The Morgan fingerprint density at radius 2 is 1.58 bits per heavy atom. The quantitative estimate of drug-likeness (QED) is 0.654. The van der Waals surface area contributed by atoms with E-state index in [4.69, 9.17) is 0 Å². The molecule has 1 saturated carbocycles. The monoisotopic (exact) mass is 266 g/mol. The van der Waals surface area contributed by atoms with E-state index in [0.717, 1.165) is 6.42 Å². The lowest BCUT2D eigenvalue weighted by Crippen LogP contribution is -2.51. The number of amides is 2. The topological polar surface area (TPSA) is 78.4 Å². The van der Waals surface area contributed by atoms with Crippen LogP contribution in [0.15, 0.2) is 24.3 Å². The lowest BCUT2D eigenvalue weighted by Gasteiger charge is -2.34. The minimum Gasteiger partial charge on any atom is -0.391 e. The van der Waals surface area contributed by atoms with E-state index in [2.05, 4.69) is 23.8 Å². The standard InChI is InChI=1S/C14H22N2O3/c1-8(2)13(18)15-10-5-6-11(12(17)7-10)16-14(19)9(3)4/h10-12,17H,1,3,5-7H2,2,4H3,(H,15,18)(H,16,19). The summed E-state index contributed by atoms with van der Waals surface area (Å²) >= 11 is 0. The molecule has 1 fully saturated rings. The van der Waals surface area contributed by atoms with Gasteiger partial charge in [0.05, 0.1) is 12.1 Å². The van der Waals surface area contributed by atoms with Crippen LogP contribution in [-0.4, -0.2) is 35.1 Å². The molecular formula is C14H22N2O3. The van der Waals surface area contributed by atoms with E-state index >= 15 is 0 Å². The molecule has 5 nitrogen and oxygen atoms in total. The molecule has 3 unspecified atom stereocenters. The molecule has 0 spiro atoms. The van der Waals surface area contributed by atoms with Gasteiger partial charge in [0, 0.05) is 17.2 Å². The maximum atomic E-state index is 11.5. The number of nitrogens with one attached hydrogen (secondary N) is 2. The molecule has 0 radical (unpaired) electrons. The maximum Gasteiger partial charge on any atom is 0.246 e. The maximum absolute atomic E-state index is 11.5. The Morgan fingerprint density at radius 1 is 1.05 bits per heavy atom. The summed E-state index contributed by atoms with van der Waals surface area (Å²) in [4.78, 5) is 23.0. The zero-order chi connectivity index (χ0) is 14.6. The van der Waals surface area contributed by atoms with Crippen LogP contribution in [0.4, 0.5) is 0 Å². The molecule has 1 rings (SSSR count). The van der Waals surface area contributed by atoms with Crippen LogP contribution in [0.2, 0.25) is 0 Å². The van der Waals surface area contributed by atoms with Crippen LogP contribution in [0.3, 0.4) is 0 Å². The lowest BCUT2D eigenvalue weighted by molar-refractivity contribution is -0.121. The second kappa shape index (κ2) is 6.52. The van der Waals surface area contributed by atoms with Crippen molar-refractivity contribution in [3.8, 4) is 0 Å². The SMILES string of the molecule is C=C(C)C(=O)NC1CCC(NC(=O)C(=C)C)C(O)C1. The van der Waals surface area contributed by atoms with Crippen molar-refractivity contribution in [2.45, 2.75) is 51.3 Å². The minimum absolute atomic E-state index is 0.0721. The third-order valence-corrected chi connectivity index (χ3v) is 3.24. The Bertz CT molecular complexity index is 403. The molecule has 3 N–H and O–H groups in total. The molecule has 0 aromatic rings. The van der Waals surface area contributed by atoms with Gasteiger partial charge in [0.2, 0.25) is 11.8 Å². The van der Waals surface area contributed by atoms with Crippen LogP contribution in [0.1, 0.15) is 33.1 Å². The molecule has 106 valence electrons. The number of aliphatic hydroxyl groups excluding tert-OH is 1. The molecule has 3 atom stereocenters. The highest BCUT2D eigenvalue weighted by Gasteiger charge is 2.30. The number of aliphatic hydroxyl groups is 1. The van der Waals surface area contributed by atoms with Crippen molar-refractivity contribution < 1.29 is 14.7 Å².